The number of carbonyl (C=O) groups is 8. The number of benzene rings is 8. The van der Waals surface area contributed by atoms with Gasteiger partial charge in [-0.25, -0.2) is 39.1 Å². The van der Waals surface area contributed by atoms with E-state index in [1.165, 1.54) is 115 Å². The number of rotatable bonds is 41. The number of aryl methyl sites for hydroxylation is 4. The Morgan fingerprint density at radius 2 is 0.531 bits per heavy atom. The number of aromatic nitrogens is 4. The molecule has 147 heavy (non-hydrogen) atoms. The van der Waals surface area contributed by atoms with Crippen LogP contribution in [0.5, 0.6) is 0 Å². The van der Waals surface area contributed by atoms with E-state index in [4.69, 9.17) is 23.5 Å². The largest absolute Gasteiger partial charge is 0.453 e. The molecule has 42 heteroatoms. The van der Waals surface area contributed by atoms with E-state index in [1.54, 1.807) is 69.3 Å². The van der Waals surface area contributed by atoms with Crippen molar-refractivity contribution in [1.29, 1.82) is 0 Å². The van der Waals surface area contributed by atoms with Crippen molar-refractivity contribution in [3.05, 3.63) is 358 Å². The number of nitro groups is 3. The summed E-state index contributed by atoms with van der Waals surface area (Å²) in [6, 6.07) is 57.0. The Bertz CT molecular complexity index is 6030. The molecule has 0 spiro atoms. The molecule has 37 nitrogen and oxygen atoms in total. The summed E-state index contributed by atoms with van der Waals surface area (Å²) >= 11 is 5.75. The fourth-order valence-corrected chi connectivity index (χ4v) is 18.1. The molecule has 4 heterocycles. The van der Waals surface area contributed by atoms with Crippen LogP contribution in [0.3, 0.4) is 0 Å². The Kier molecular flexibility index (Phi) is 54.5. The maximum Gasteiger partial charge on any atom is 0.408 e. The van der Waals surface area contributed by atoms with Crippen LogP contribution < -0.4 is 47.3 Å². The molecule has 12 aromatic rings. The van der Waals surface area contributed by atoms with Gasteiger partial charge >= 0.3 is 34.7 Å². The third-order valence-electron chi connectivity index (χ3n) is 21.1. The molecule has 8 atom stereocenters. The fraction of sp³-hybridized carbons (Fsp3) is 0.352. The summed E-state index contributed by atoms with van der Waals surface area (Å²) in [4.78, 5) is 152. The molecule has 0 aliphatic rings. The number of alkyl carbamates (subject to hydrolysis) is 4. The molecule has 4 aromatic heterocycles. The van der Waals surface area contributed by atoms with Crippen LogP contribution >= 0.6 is 45.3 Å². The molecule has 0 aliphatic heterocycles. The Labute approximate surface area is 875 Å². The monoisotopic (exact) mass is 2120 g/mol. The molecule has 0 bridgehead atoms. The Balaban J connectivity index is 0.000000497. The normalized spacial score (nSPS) is 12.1. The number of nitrogens with one attached hydrogen (secondary N) is 9. The molecule has 8 amide bonds. The highest BCUT2D eigenvalue weighted by Crippen LogP contribution is 2.31. The van der Waals surface area contributed by atoms with E-state index in [1.807, 2.05) is 175 Å². The van der Waals surface area contributed by atoms with Crippen molar-refractivity contribution in [3.63, 3.8) is 0 Å². The Hall–Kier alpha value is -14.9. The molecule has 10 N–H and O–H groups in total. The topological polar surface area (TPSA) is 517 Å². The van der Waals surface area contributed by atoms with Crippen LogP contribution in [0.4, 0.5) is 41.9 Å². The van der Waals surface area contributed by atoms with E-state index in [9.17, 15) is 77.1 Å². The molecule has 0 aliphatic carbocycles. The minimum atomic E-state index is -4.38. The average Bonchev–Trinajstić information content (AvgIpc) is 1.79. The third kappa shape index (κ3) is 43.2. The van der Waals surface area contributed by atoms with Crippen LogP contribution in [0.2, 0.25) is 0 Å². The zero-order valence-corrected chi connectivity index (χ0v) is 83.1. The lowest BCUT2D eigenvalue weighted by Gasteiger charge is -2.25. The maximum atomic E-state index is 13.5. The summed E-state index contributed by atoms with van der Waals surface area (Å²) in [5.41, 5.74) is 9.87. The number of hydrogen-bond donors (Lipinski definition) is 10. The minimum Gasteiger partial charge on any atom is -0.453 e. The van der Waals surface area contributed by atoms with Crippen molar-refractivity contribution in [2.45, 2.75) is 224 Å². The fourth-order valence-electron chi connectivity index (χ4n) is 13.8. The van der Waals surface area contributed by atoms with Gasteiger partial charge in [0.15, 0.2) is 0 Å². The van der Waals surface area contributed by atoms with E-state index in [0.29, 0.717) is 30.7 Å². The van der Waals surface area contributed by atoms with E-state index in [0.717, 1.165) is 108 Å². The van der Waals surface area contributed by atoms with Crippen molar-refractivity contribution < 1.29 is 85.0 Å². The zero-order valence-electron chi connectivity index (χ0n) is 79.0. The minimum absolute atomic E-state index is 0. The van der Waals surface area contributed by atoms with Crippen LogP contribution in [0.25, 0.3) is 0 Å². The number of anilines is 1. The van der Waals surface area contributed by atoms with Gasteiger partial charge in [0.2, 0.25) is 23.6 Å². The summed E-state index contributed by atoms with van der Waals surface area (Å²) in [5, 5.41) is 66.2. The third-order valence-corrected chi connectivity index (χ3v) is 25.6. The summed E-state index contributed by atoms with van der Waals surface area (Å²) in [6.07, 6.45) is 2.83. The highest BCUT2D eigenvalue weighted by atomic mass is 32.2. The number of nitro benzene ring substituents is 3. The molecule has 0 radical (unpaired) electrons. The summed E-state index contributed by atoms with van der Waals surface area (Å²) < 4.78 is 52.6. The first kappa shape index (κ1) is 126. The average molecular weight is 2120 g/mol. The van der Waals surface area contributed by atoms with Gasteiger partial charge in [0.05, 0.1) is 88.7 Å². The lowest BCUT2D eigenvalue weighted by atomic mass is 10.0. The molecule has 8 aromatic carbocycles. The molecule has 0 fully saturated rings. The van der Waals surface area contributed by atoms with Gasteiger partial charge in [0.25, 0.3) is 17.1 Å². The van der Waals surface area contributed by atoms with Gasteiger partial charge in [-0.05, 0) is 129 Å². The molecule has 0 unspecified atom stereocenters. The molecule has 0 saturated carbocycles. The lowest BCUT2D eigenvalue weighted by molar-refractivity contribution is -0.385. The Morgan fingerprint density at radius 3 is 0.714 bits per heavy atom. The first-order valence-electron chi connectivity index (χ1n) is 44.7. The number of hydrogen-bond acceptors (Lipinski definition) is 28. The van der Waals surface area contributed by atoms with Gasteiger partial charge < -0.3 is 61.5 Å². The van der Waals surface area contributed by atoms with Crippen LogP contribution in [0, 0.1) is 30.3 Å². The second kappa shape index (κ2) is 63.4. The SMILES string of the molecule is C.C.C.C.C.C.CCc1csc([C@H](Cc2ccc(NS(=O)(=O)O)cc2)NC(=O)[C@H](Cc2ccccc2)NC(=O)OC)n1.CCc1csc([C@H](Cc2ccc([N+](=O)[O-])cc2)NC(=O)[C@H](Cc2ccccc2)NC(=O)OC(C)(C)C)n1.CCc1csc([C@H](Cc2ccc([N+](=O)[O-])cc2)NC(=O)[C@H](Cc2ccccc2)NC(=O)OC)n1.CCc1csc([C@H](Cc2ccc([N+](=O)[O-])cc2)NC(=O)[C@H](Cc2ccccc2)NC(=O)OC)n1. The standard InChI is InChI=1S/C27H32N4O5S.C24H28N4O6S2.2C24H26N4O5S.6CH4/c1-5-20-17-37-25(28-20)23(16-19-11-13-21(14-12-19)31(34)35)29-24(32)22(15-18-9-7-6-8-10-18)30-26(33)36-27(2,3)4;1-3-18-15-35-23(25-18)21(14-17-9-11-19(12-10-17)28-36(31,32)33)26-22(29)20(27-24(30)34-2)13-16-7-5-4-6-8-16;2*1-3-18-15-34-23(25-18)21(14-17-9-11-19(12-10-17)28(31)32)26-22(29)20(27-24(30)33-2)13-16-7-5-4-6-8-16;;;;;;/h6-14,17,22-23H,5,15-16H2,1-4H3,(H,29,32)(H,30,33);4-12,15,20-21,28H,3,13-14H2,1-2H3,(H,26,29)(H,27,30)(H,31,32,33);2*4-12,15,20-21H,3,13-14H2,1-2H3,(H,26,29)(H,27,30);6*1H4/t22-,23-;3*20-,21-;;;;;;/m0000....../s1. The van der Waals surface area contributed by atoms with Crippen molar-refractivity contribution >= 4 is 126 Å². The van der Waals surface area contributed by atoms with Gasteiger partial charge in [0.1, 0.15) is 49.8 Å². The number of carbonyl (C=O) groups excluding carboxylic acids is 8. The van der Waals surface area contributed by atoms with Crippen LogP contribution in [0.15, 0.2) is 240 Å². The summed E-state index contributed by atoms with van der Waals surface area (Å²) in [6.45, 7) is 13.3. The van der Waals surface area contributed by atoms with Crippen LogP contribution in [-0.4, -0.2) is 147 Å². The molecule has 0 saturated heterocycles. The first-order chi connectivity index (χ1) is 67.5. The Morgan fingerprint density at radius 1 is 0.327 bits per heavy atom. The van der Waals surface area contributed by atoms with Crippen molar-refractivity contribution in [2.75, 3.05) is 26.1 Å². The van der Waals surface area contributed by atoms with Gasteiger partial charge in [-0.3, -0.25) is 58.8 Å². The van der Waals surface area contributed by atoms with Crippen molar-refractivity contribution in [3.8, 4) is 0 Å². The molecular formula is C105H136N16O21S5. The number of amides is 8. The number of ether oxygens (including phenoxy) is 4. The second-order valence-corrected chi connectivity index (χ2v) is 37.5. The second-order valence-electron chi connectivity index (χ2n) is 32.8. The van der Waals surface area contributed by atoms with E-state index >= 15 is 0 Å². The summed E-state index contributed by atoms with van der Waals surface area (Å²) in [7, 11) is -0.661. The highest BCUT2D eigenvalue weighted by molar-refractivity contribution is 7.87. The van der Waals surface area contributed by atoms with Crippen LogP contribution in [-0.2, 0) is 125 Å². The predicted molar refractivity (Wildman–Crippen MR) is 577 cm³/mol. The quantitative estimate of drug-likeness (QED) is 0.00736. The maximum absolute atomic E-state index is 13.5. The number of methoxy groups -OCH3 is 3. The van der Waals surface area contributed by atoms with Crippen molar-refractivity contribution in [1.82, 2.24) is 62.5 Å². The number of nitrogens with zero attached hydrogens (tertiary/aromatic N) is 7. The lowest BCUT2D eigenvalue weighted by Crippen LogP contribution is -2.50. The van der Waals surface area contributed by atoms with Crippen LogP contribution in [0.1, 0.15) is 205 Å². The molecule has 12 rings (SSSR count). The molecular weight excluding hydrogens is 1980 g/mol. The first-order valence-corrected chi connectivity index (χ1v) is 49.7. The highest BCUT2D eigenvalue weighted by Gasteiger charge is 2.33. The zero-order chi connectivity index (χ0) is 102. The number of non-ortho nitro benzene ring substituents is 3. The van der Waals surface area contributed by atoms with E-state index in [2.05, 4.69) is 62.5 Å². The molecule has 792 valence electrons. The predicted octanol–water partition coefficient (Wildman–Crippen LogP) is 20.2. The van der Waals surface area contributed by atoms with Gasteiger partial charge in [0, 0.05) is 83.6 Å². The van der Waals surface area contributed by atoms with E-state index < -0.39 is 109 Å². The summed E-state index contributed by atoms with van der Waals surface area (Å²) in [5.74, 6) is -1.54. The van der Waals surface area contributed by atoms with E-state index in [-0.39, 0.29) is 111 Å². The van der Waals surface area contributed by atoms with Gasteiger partial charge in [-0.1, -0.05) is 242 Å². The number of thiazole rings is 4. The van der Waals surface area contributed by atoms with Crippen molar-refractivity contribution in [2.24, 2.45) is 0 Å². The van der Waals surface area contributed by atoms with Gasteiger partial charge in [-0.2, -0.15) is 8.42 Å². The smallest absolute Gasteiger partial charge is 0.408 e. The van der Waals surface area contributed by atoms with Gasteiger partial charge in [-0.15, -0.1) is 45.3 Å².